The van der Waals surface area contributed by atoms with Crippen LogP contribution in [0.25, 0.3) is 0 Å². The van der Waals surface area contributed by atoms with Crippen LogP contribution in [-0.2, 0) is 11.3 Å². The molecular weight excluding hydrogens is 302 g/mol. The van der Waals surface area contributed by atoms with Crippen LogP contribution in [0.1, 0.15) is 16.5 Å². The Balaban J connectivity index is 1.99. The third-order valence-corrected chi connectivity index (χ3v) is 3.73. The van der Waals surface area contributed by atoms with E-state index in [4.69, 9.17) is 21.1 Å². The second-order valence-electron chi connectivity index (χ2n) is 4.67. The first kappa shape index (κ1) is 16.2. The van der Waals surface area contributed by atoms with E-state index in [9.17, 15) is 4.79 Å². The van der Waals surface area contributed by atoms with Crippen LogP contribution in [0.4, 0.5) is 0 Å². The fourth-order valence-electron chi connectivity index (χ4n) is 2.05. The van der Waals surface area contributed by atoms with Crippen LogP contribution in [0.2, 0.25) is 0 Å². The molecule has 0 saturated heterocycles. The Kier molecular flexibility index (Phi) is 5.67. The van der Waals surface area contributed by atoms with Gasteiger partial charge in [0.15, 0.2) is 0 Å². The molecule has 1 N–H and O–H groups in total. The van der Waals surface area contributed by atoms with Crippen molar-refractivity contribution in [3.63, 3.8) is 0 Å². The number of carbonyl (C=O) groups is 1. The first-order valence-corrected chi connectivity index (χ1v) is 7.27. The van der Waals surface area contributed by atoms with Gasteiger partial charge in [-0.05, 0) is 23.8 Å². The monoisotopic (exact) mass is 319 g/mol. The Hall–Kier alpha value is -2.20. The van der Waals surface area contributed by atoms with Crippen LogP contribution in [0.15, 0.2) is 48.5 Å². The van der Waals surface area contributed by atoms with E-state index in [1.54, 1.807) is 38.5 Å². The fourth-order valence-corrected chi connectivity index (χ4v) is 2.27. The van der Waals surface area contributed by atoms with Gasteiger partial charge in [-0.15, -0.1) is 11.6 Å². The lowest BCUT2D eigenvalue weighted by atomic mass is 10.1. The highest BCUT2D eigenvalue weighted by atomic mass is 35.5. The van der Waals surface area contributed by atoms with E-state index >= 15 is 0 Å². The summed E-state index contributed by atoms with van der Waals surface area (Å²) < 4.78 is 10.3. The molecule has 2 rings (SSSR count). The number of hydrogen-bond donors (Lipinski definition) is 1. The summed E-state index contributed by atoms with van der Waals surface area (Å²) in [7, 11) is 3.19. The highest BCUT2D eigenvalue weighted by Crippen LogP contribution is 2.23. The topological polar surface area (TPSA) is 47.6 Å². The van der Waals surface area contributed by atoms with Crippen molar-refractivity contribution in [1.29, 1.82) is 0 Å². The summed E-state index contributed by atoms with van der Waals surface area (Å²) in [5, 5.41) is 2.07. The van der Waals surface area contributed by atoms with Crippen molar-refractivity contribution in [2.75, 3.05) is 14.2 Å². The quantitative estimate of drug-likeness (QED) is 0.831. The maximum absolute atomic E-state index is 12.2. The smallest absolute Gasteiger partial charge is 0.242 e. The van der Waals surface area contributed by atoms with Crippen LogP contribution in [0, 0.1) is 0 Å². The van der Waals surface area contributed by atoms with Crippen LogP contribution in [0.3, 0.4) is 0 Å². The van der Waals surface area contributed by atoms with Gasteiger partial charge in [-0.25, -0.2) is 0 Å². The molecule has 0 spiro atoms. The molecule has 0 saturated carbocycles. The van der Waals surface area contributed by atoms with E-state index in [2.05, 4.69) is 5.32 Å². The number of hydrogen-bond acceptors (Lipinski definition) is 3. The summed E-state index contributed by atoms with van der Waals surface area (Å²) >= 11 is 6.21. The van der Waals surface area contributed by atoms with Crippen molar-refractivity contribution in [2.45, 2.75) is 11.9 Å². The fraction of sp³-hybridized carbons (Fsp3) is 0.235. The predicted octanol–water partition coefficient (Wildman–Crippen LogP) is 3.30. The summed E-state index contributed by atoms with van der Waals surface area (Å²) in [4.78, 5) is 12.2. The molecular formula is C17H18ClNO3. The second kappa shape index (κ2) is 7.71. The summed E-state index contributed by atoms with van der Waals surface area (Å²) in [5.74, 6) is 1.21. The Bertz CT molecular complexity index is 628. The van der Waals surface area contributed by atoms with Crippen LogP contribution in [0.5, 0.6) is 11.5 Å². The van der Waals surface area contributed by atoms with Gasteiger partial charge in [0.1, 0.15) is 16.9 Å². The molecule has 0 aliphatic rings. The number of rotatable bonds is 6. The minimum absolute atomic E-state index is 0.252. The van der Waals surface area contributed by atoms with Gasteiger partial charge in [0.25, 0.3) is 0 Å². The Morgan fingerprint density at radius 3 is 2.41 bits per heavy atom. The van der Waals surface area contributed by atoms with Gasteiger partial charge >= 0.3 is 0 Å². The van der Waals surface area contributed by atoms with Crippen LogP contribution in [-0.4, -0.2) is 20.1 Å². The molecule has 116 valence electrons. The number of ether oxygens (including phenoxy) is 2. The lowest BCUT2D eigenvalue weighted by Gasteiger charge is -2.13. The Labute approximate surface area is 135 Å². The summed E-state index contributed by atoms with van der Waals surface area (Å²) in [6, 6.07) is 14.6. The third-order valence-electron chi connectivity index (χ3n) is 3.28. The van der Waals surface area contributed by atoms with E-state index < -0.39 is 5.38 Å². The standard InChI is InChI=1S/C17H18ClNO3/c1-21-14-9-7-12(8-10-14)16(18)17(20)19-11-13-5-3-4-6-15(13)22-2/h3-10,16H,11H2,1-2H3,(H,19,20). The number of nitrogens with one attached hydrogen (secondary N) is 1. The lowest BCUT2D eigenvalue weighted by molar-refractivity contribution is -0.121. The molecule has 2 aromatic carbocycles. The maximum Gasteiger partial charge on any atom is 0.242 e. The molecule has 0 bridgehead atoms. The Morgan fingerprint density at radius 2 is 1.77 bits per heavy atom. The molecule has 22 heavy (non-hydrogen) atoms. The number of methoxy groups -OCH3 is 2. The lowest BCUT2D eigenvalue weighted by Crippen LogP contribution is -2.26. The van der Waals surface area contributed by atoms with E-state index in [1.165, 1.54) is 0 Å². The van der Waals surface area contributed by atoms with Gasteiger partial charge < -0.3 is 14.8 Å². The van der Waals surface area contributed by atoms with E-state index in [1.807, 2.05) is 24.3 Å². The van der Waals surface area contributed by atoms with Crippen molar-refractivity contribution in [2.24, 2.45) is 0 Å². The highest BCUT2D eigenvalue weighted by molar-refractivity contribution is 6.30. The number of para-hydroxylation sites is 1. The summed E-state index contributed by atoms with van der Waals surface area (Å²) in [6.07, 6.45) is 0. The predicted molar refractivity (Wildman–Crippen MR) is 86.4 cm³/mol. The van der Waals surface area contributed by atoms with Crippen molar-refractivity contribution < 1.29 is 14.3 Å². The number of alkyl halides is 1. The van der Waals surface area contributed by atoms with Gasteiger partial charge in [0, 0.05) is 12.1 Å². The largest absolute Gasteiger partial charge is 0.497 e. The van der Waals surface area contributed by atoms with Crippen molar-refractivity contribution >= 4 is 17.5 Å². The van der Waals surface area contributed by atoms with Crippen molar-refractivity contribution in [3.05, 3.63) is 59.7 Å². The molecule has 0 aliphatic heterocycles. The second-order valence-corrected chi connectivity index (χ2v) is 5.10. The summed E-state index contributed by atoms with van der Waals surface area (Å²) in [5.41, 5.74) is 1.62. The molecule has 1 amide bonds. The average molecular weight is 320 g/mol. The SMILES string of the molecule is COc1ccc(C(Cl)C(=O)NCc2ccccc2OC)cc1. The summed E-state index contributed by atoms with van der Waals surface area (Å²) in [6.45, 7) is 0.363. The molecule has 5 heteroatoms. The molecule has 0 radical (unpaired) electrons. The van der Waals surface area contributed by atoms with E-state index in [0.717, 1.165) is 22.6 Å². The zero-order chi connectivity index (χ0) is 15.9. The van der Waals surface area contributed by atoms with Gasteiger partial charge in [-0.3, -0.25) is 4.79 Å². The number of amides is 1. The minimum Gasteiger partial charge on any atom is -0.497 e. The molecule has 1 unspecified atom stereocenters. The molecule has 1 atom stereocenters. The Morgan fingerprint density at radius 1 is 1.09 bits per heavy atom. The van der Waals surface area contributed by atoms with Gasteiger partial charge in [-0.1, -0.05) is 30.3 Å². The van der Waals surface area contributed by atoms with Crippen molar-refractivity contribution in [3.8, 4) is 11.5 Å². The molecule has 0 fully saturated rings. The van der Waals surface area contributed by atoms with Gasteiger partial charge in [0.2, 0.25) is 5.91 Å². The number of carbonyl (C=O) groups excluding carboxylic acids is 1. The first-order valence-electron chi connectivity index (χ1n) is 6.83. The third kappa shape index (κ3) is 3.92. The molecule has 0 heterocycles. The van der Waals surface area contributed by atoms with Gasteiger partial charge in [-0.2, -0.15) is 0 Å². The van der Waals surface area contributed by atoms with E-state index in [0.29, 0.717) is 6.54 Å². The number of benzene rings is 2. The molecule has 0 aliphatic carbocycles. The highest BCUT2D eigenvalue weighted by Gasteiger charge is 2.17. The average Bonchev–Trinajstić information content (AvgIpc) is 2.59. The van der Waals surface area contributed by atoms with Crippen LogP contribution >= 0.6 is 11.6 Å². The minimum atomic E-state index is -0.749. The zero-order valence-corrected chi connectivity index (χ0v) is 13.3. The van der Waals surface area contributed by atoms with Crippen LogP contribution < -0.4 is 14.8 Å². The molecule has 4 nitrogen and oxygen atoms in total. The zero-order valence-electron chi connectivity index (χ0n) is 12.5. The maximum atomic E-state index is 12.2. The van der Waals surface area contributed by atoms with Gasteiger partial charge in [0.05, 0.1) is 14.2 Å². The first-order chi connectivity index (χ1) is 10.7. The normalized spacial score (nSPS) is 11.6. The molecule has 0 aromatic heterocycles. The van der Waals surface area contributed by atoms with E-state index in [-0.39, 0.29) is 5.91 Å². The molecule has 2 aromatic rings. The number of halogens is 1. The van der Waals surface area contributed by atoms with Crippen molar-refractivity contribution in [1.82, 2.24) is 5.32 Å².